The monoisotopic (exact) mass is 290 g/mol. The van der Waals surface area contributed by atoms with E-state index in [1.54, 1.807) is 6.92 Å². The molecule has 0 radical (unpaired) electrons. The summed E-state index contributed by atoms with van der Waals surface area (Å²) >= 11 is 0. The number of allylic oxidation sites excluding steroid dienone is 2. The fraction of sp³-hybridized carbons (Fsp3) is 0.444. The van der Waals surface area contributed by atoms with Crippen molar-refractivity contribution < 1.29 is 14.2 Å². The van der Waals surface area contributed by atoms with Gasteiger partial charge in [-0.25, -0.2) is 4.39 Å². The van der Waals surface area contributed by atoms with Crippen molar-refractivity contribution in [2.75, 3.05) is 13.2 Å². The Morgan fingerprint density at radius 3 is 2.71 bits per heavy atom. The van der Waals surface area contributed by atoms with Gasteiger partial charge in [-0.15, -0.1) is 0 Å². The van der Waals surface area contributed by atoms with Gasteiger partial charge in [0.05, 0.1) is 13.2 Å². The molecule has 0 heterocycles. The average Bonchev–Trinajstić information content (AvgIpc) is 2.46. The number of fused-ring (bicyclic) bond motifs is 1. The van der Waals surface area contributed by atoms with Crippen molar-refractivity contribution in [2.24, 2.45) is 0 Å². The SMILES string of the molecule is CCOc1cc2c(cc1C(C)=C(F)CO)C=CCC2(C)C. The van der Waals surface area contributed by atoms with Gasteiger partial charge in [-0.3, -0.25) is 0 Å². The fourth-order valence-corrected chi connectivity index (χ4v) is 2.74. The van der Waals surface area contributed by atoms with E-state index in [1.807, 2.05) is 19.1 Å². The summed E-state index contributed by atoms with van der Waals surface area (Å²) in [6, 6.07) is 3.98. The zero-order chi connectivity index (χ0) is 15.6. The summed E-state index contributed by atoms with van der Waals surface area (Å²) in [5.74, 6) is 0.163. The third-order valence-electron chi connectivity index (χ3n) is 4.06. The molecule has 1 aromatic carbocycles. The molecule has 0 amide bonds. The molecule has 1 aliphatic rings. The molecule has 0 saturated carbocycles. The predicted molar refractivity (Wildman–Crippen MR) is 85.1 cm³/mol. The molecule has 0 fully saturated rings. The second kappa shape index (κ2) is 6.02. The fourth-order valence-electron chi connectivity index (χ4n) is 2.74. The maximum atomic E-state index is 13.8. The summed E-state index contributed by atoms with van der Waals surface area (Å²) in [6.07, 6.45) is 5.20. The second-order valence-electron chi connectivity index (χ2n) is 6.05. The summed E-state index contributed by atoms with van der Waals surface area (Å²) in [5, 5.41) is 9.02. The Bertz CT molecular complexity index is 597. The van der Waals surface area contributed by atoms with Crippen molar-refractivity contribution >= 4 is 11.6 Å². The lowest BCUT2D eigenvalue weighted by Crippen LogP contribution is -2.20. The number of aliphatic hydroxyl groups is 1. The summed E-state index contributed by atoms with van der Waals surface area (Å²) in [4.78, 5) is 0. The molecular formula is C18H23FO2. The highest BCUT2D eigenvalue weighted by Gasteiger charge is 2.26. The lowest BCUT2D eigenvalue weighted by Gasteiger charge is -2.30. The number of ether oxygens (including phenoxy) is 1. The largest absolute Gasteiger partial charge is 0.493 e. The van der Waals surface area contributed by atoms with Gasteiger partial charge < -0.3 is 9.84 Å². The summed E-state index contributed by atoms with van der Waals surface area (Å²) in [7, 11) is 0. The standard InChI is InChI=1S/C18H23FO2/c1-5-21-17-10-15-13(7-6-8-18(15,3)4)9-14(17)12(2)16(19)11-20/h6-7,9-10,20H,5,8,11H2,1-4H3. The minimum absolute atomic E-state index is 0.0433. The Labute approximate surface area is 125 Å². The van der Waals surface area contributed by atoms with Crippen LogP contribution in [0, 0.1) is 0 Å². The van der Waals surface area contributed by atoms with Gasteiger partial charge >= 0.3 is 0 Å². The Balaban J connectivity index is 2.65. The van der Waals surface area contributed by atoms with Crippen LogP contribution in [-0.2, 0) is 5.41 Å². The number of rotatable bonds is 4. The van der Waals surface area contributed by atoms with E-state index in [0.29, 0.717) is 23.5 Å². The summed E-state index contributed by atoms with van der Waals surface area (Å²) in [6.45, 7) is 7.92. The smallest absolute Gasteiger partial charge is 0.129 e. The minimum atomic E-state index is -0.587. The molecule has 21 heavy (non-hydrogen) atoms. The topological polar surface area (TPSA) is 29.5 Å². The third-order valence-corrected chi connectivity index (χ3v) is 4.06. The number of halogens is 1. The van der Waals surface area contributed by atoms with Crippen LogP contribution in [0.4, 0.5) is 4.39 Å². The van der Waals surface area contributed by atoms with E-state index in [9.17, 15) is 4.39 Å². The van der Waals surface area contributed by atoms with E-state index in [-0.39, 0.29) is 5.41 Å². The molecule has 1 N–H and O–H groups in total. The normalized spacial score (nSPS) is 17.2. The lowest BCUT2D eigenvalue weighted by atomic mass is 9.75. The van der Waals surface area contributed by atoms with E-state index in [4.69, 9.17) is 9.84 Å². The Morgan fingerprint density at radius 2 is 2.10 bits per heavy atom. The molecule has 0 spiro atoms. The molecule has 0 bridgehead atoms. The molecule has 0 atom stereocenters. The van der Waals surface area contributed by atoms with Crippen LogP contribution in [0.5, 0.6) is 5.75 Å². The molecule has 1 aromatic rings. The molecule has 114 valence electrons. The van der Waals surface area contributed by atoms with Crippen LogP contribution >= 0.6 is 0 Å². The Hall–Kier alpha value is -1.61. The van der Waals surface area contributed by atoms with E-state index >= 15 is 0 Å². The van der Waals surface area contributed by atoms with Gasteiger partial charge in [-0.1, -0.05) is 26.0 Å². The Morgan fingerprint density at radius 1 is 1.38 bits per heavy atom. The van der Waals surface area contributed by atoms with E-state index in [2.05, 4.69) is 26.0 Å². The van der Waals surface area contributed by atoms with Crippen molar-refractivity contribution in [1.29, 1.82) is 0 Å². The summed E-state index contributed by atoms with van der Waals surface area (Å²) < 4.78 is 19.5. The first-order valence-corrected chi connectivity index (χ1v) is 7.35. The van der Waals surface area contributed by atoms with Crippen molar-refractivity contribution in [3.8, 4) is 5.75 Å². The molecule has 0 unspecified atom stereocenters. The van der Waals surface area contributed by atoms with E-state index < -0.39 is 12.4 Å². The van der Waals surface area contributed by atoms with Crippen molar-refractivity contribution in [2.45, 2.75) is 39.5 Å². The Kier molecular flexibility index (Phi) is 4.52. The van der Waals surface area contributed by atoms with Gasteiger partial charge in [-0.2, -0.15) is 0 Å². The minimum Gasteiger partial charge on any atom is -0.493 e. The van der Waals surface area contributed by atoms with Gasteiger partial charge in [0.15, 0.2) is 0 Å². The molecule has 0 saturated heterocycles. The zero-order valence-electron chi connectivity index (χ0n) is 13.2. The quantitative estimate of drug-likeness (QED) is 0.886. The first-order chi connectivity index (χ1) is 9.90. The first kappa shape index (κ1) is 15.8. The van der Waals surface area contributed by atoms with Crippen LogP contribution in [0.15, 0.2) is 24.0 Å². The van der Waals surface area contributed by atoms with Crippen LogP contribution in [-0.4, -0.2) is 18.3 Å². The first-order valence-electron chi connectivity index (χ1n) is 7.35. The van der Waals surface area contributed by atoms with Crippen LogP contribution in [0.25, 0.3) is 11.6 Å². The maximum absolute atomic E-state index is 13.8. The molecule has 0 aliphatic heterocycles. The second-order valence-corrected chi connectivity index (χ2v) is 6.05. The number of aliphatic hydroxyl groups excluding tert-OH is 1. The van der Waals surface area contributed by atoms with Gasteiger partial charge in [0.1, 0.15) is 11.6 Å². The molecule has 1 aliphatic carbocycles. The predicted octanol–water partition coefficient (Wildman–Crippen LogP) is 4.47. The summed E-state index contributed by atoms with van der Waals surface area (Å²) in [5.41, 5.74) is 3.50. The lowest BCUT2D eigenvalue weighted by molar-refractivity contribution is 0.299. The van der Waals surface area contributed by atoms with Crippen molar-refractivity contribution in [1.82, 2.24) is 0 Å². The number of hydrogen-bond acceptors (Lipinski definition) is 2. The zero-order valence-corrected chi connectivity index (χ0v) is 13.2. The van der Waals surface area contributed by atoms with Gasteiger partial charge in [0, 0.05) is 5.56 Å². The van der Waals surface area contributed by atoms with Crippen molar-refractivity contribution in [3.63, 3.8) is 0 Å². The van der Waals surface area contributed by atoms with Crippen LogP contribution < -0.4 is 4.74 Å². The maximum Gasteiger partial charge on any atom is 0.129 e. The highest BCUT2D eigenvalue weighted by Crippen LogP contribution is 2.40. The van der Waals surface area contributed by atoms with Crippen LogP contribution in [0.1, 0.15) is 50.8 Å². The van der Waals surface area contributed by atoms with Crippen LogP contribution in [0.3, 0.4) is 0 Å². The van der Waals surface area contributed by atoms with E-state index in [0.717, 1.165) is 12.0 Å². The average molecular weight is 290 g/mol. The van der Waals surface area contributed by atoms with Gasteiger partial charge in [0.2, 0.25) is 0 Å². The molecular weight excluding hydrogens is 267 g/mol. The number of benzene rings is 1. The van der Waals surface area contributed by atoms with Gasteiger partial charge in [-0.05, 0) is 54.5 Å². The molecule has 2 rings (SSSR count). The molecule has 0 aromatic heterocycles. The highest BCUT2D eigenvalue weighted by atomic mass is 19.1. The van der Waals surface area contributed by atoms with E-state index in [1.165, 1.54) is 5.56 Å². The molecule has 3 heteroatoms. The van der Waals surface area contributed by atoms with Crippen LogP contribution in [0.2, 0.25) is 0 Å². The molecule has 2 nitrogen and oxygen atoms in total. The van der Waals surface area contributed by atoms with Gasteiger partial charge in [0.25, 0.3) is 0 Å². The third kappa shape index (κ3) is 3.03. The highest BCUT2D eigenvalue weighted by molar-refractivity contribution is 5.75. The number of hydrogen-bond donors (Lipinski definition) is 1. The van der Waals surface area contributed by atoms with Crippen molar-refractivity contribution in [3.05, 3.63) is 40.7 Å².